The van der Waals surface area contributed by atoms with Crippen molar-refractivity contribution in [3.8, 4) is 5.75 Å². The first-order valence-electron chi connectivity index (χ1n) is 4.09. The van der Waals surface area contributed by atoms with Crippen LogP contribution in [0.2, 0.25) is 5.32 Å². The molecule has 1 aromatic rings. The van der Waals surface area contributed by atoms with Crippen LogP contribution >= 0.6 is 0 Å². The fourth-order valence-electron chi connectivity index (χ4n) is 0.976. The molecular formula is C9H14NO2Se+. The molecule has 4 heteroatoms. The SMILES string of the molecule is COc1ccc([Se](=O)CC[NH3+])cc1. The normalized spacial score (nSPS) is 12.5. The summed E-state index contributed by atoms with van der Waals surface area (Å²) in [7, 11) is 1.62. The first-order chi connectivity index (χ1) is 6.27. The Morgan fingerprint density at radius 1 is 1.38 bits per heavy atom. The summed E-state index contributed by atoms with van der Waals surface area (Å²) in [5.74, 6) is 0.803. The minimum absolute atomic E-state index is 0.715. The molecule has 0 saturated heterocycles. The summed E-state index contributed by atoms with van der Waals surface area (Å²) in [6.45, 7) is 0.736. The van der Waals surface area contributed by atoms with Gasteiger partial charge in [0.25, 0.3) is 0 Å². The molecule has 0 saturated carbocycles. The Balaban J connectivity index is 2.74. The van der Waals surface area contributed by atoms with E-state index >= 15 is 0 Å². The fraction of sp³-hybridized carbons (Fsp3) is 0.333. The van der Waals surface area contributed by atoms with E-state index in [-0.39, 0.29) is 0 Å². The molecule has 0 amide bonds. The average molecular weight is 247 g/mol. The number of rotatable bonds is 4. The molecule has 0 aromatic heterocycles. The van der Waals surface area contributed by atoms with Gasteiger partial charge in [-0.05, 0) is 0 Å². The number of hydrogen-bond acceptors (Lipinski definition) is 2. The van der Waals surface area contributed by atoms with E-state index in [0.717, 1.165) is 16.8 Å². The van der Waals surface area contributed by atoms with Gasteiger partial charge in [0, 0.05) is 0 Å². The van der Waals surface area contributed by atoms with Crippen molar-refractivity contribution in [1.82, 2.24) is 0 Å². The topological polar surface area (TPSA) is 53.9 Å². The van der Waals surface area contributed by atoms with Gasteiger partial charge in [0.15, 0.2) is 0 Å². The van der Waals surface area contributed by atoms with Gasteiger partial charge in [0.1, 0.15) is 0 Å². The van der Waals surface area contributed by atoms with Crippen molar-refractivity contribution in [2.24, 2.45) is 0 Å². The van der Waals surface area contributed by atoms with Crippen molar-refractivity contribution in [3.05, 3.63) is 24.3 Å². The van der Waals surface area contributed by atoms with Crippen molar-refractivity contribution in [2.75, 3.05) is 13.7 Å². The molecule has 1 atom stereocenters. The molecule has 0 bridgehead atoms. The summed E-state index contributed by atoms with van der Waals surface area (Å²) in [5, 5.41) is 0.715. The van der Waals surface area contributed by atoms with E-state index in [4.69, 9.17) is 4.74 Å². The third-order valence-corrected chi connectivity index (χ3v) is 4.71. The molecule has 0 aliphatic rings. The summed E-state index contributed by atoms with van der Waals surface area (Å²) < 4.78 is 17.5. The molecule has 0 aliphatic carbocycles. The summed E-state index contributed by atoms with van der Waals surface area (Å²) in [5.41, 5.74) is 3.69. The molecule has 0 fully saturated rings. The third kappa shape index (κ3) is 2.92. The zero-order valence-electron chi connectivity index (χ0n) is 7.66. The quantitative estimate of drug-likeness (QED) is 0.734. The van der Waals surface area contributed by atoms with Crippen LogP contribution in [0.3, 0.4) is 0 Å². The predicted molar refractivity (Wildman–Crippen MR) is 51.6 cm³/mol. The van der Waals surface area contributed by atoms with Gasteiger partial charge in [-0.1, -0.05) is 0 Å². The van der Waals surface area contributed by atoms with Crippen LogP contribution in [0.4, 0.5) is 0 Å². The number of quaternary nitrogens is 1. The van der Waals surface area contributed by atoms with Gasteiger partial charge in [-0.3, -0.25) is 0 Å². The van der Waals surface area contributed by atoms with Gasteiger partial charge < -0.3 is 0 Å². The van der Waals surface area contributed by atoms with Crippen LogP contribution in [-0.4, -0.2) is 27.5 Å². The Kier molecular flexibility index (Phi) is 4.09. The molecule has 13 heavy (non-hydrogen) atoms. The van der Waals surface area contributed by atoms with Crippen LogP contribution in [0.15, 0.2) is 24.3 Å². The van der Waals surface area contributed by atoms with Crippen molar-refractivity contribution >= 4 is 18.3 Å². The van der Waals surface area contributed by atoms with Crippen molar-refractivity contribution in [3.63, 3.8) is 0 Å². The first-order valence-corrected chi connectivity index (χ1v) is 6.86. The molecule has 0 aliphatic heterocycles. The number of methoxy groups -OCH3 is 1. The fourth-order valence-corrected chi connectivity index (χ4v) is 2.94. The molecule has 0 radical (unpaired) electrons. The summed E-state index contributed by atoms with van der Waals surface area (Å²) in [6.07, 6.45) is 0. The van der Waals surface area contributed by atoms with Crippen LogP contribution in [0.1, 0.15) is 0 Å². The molecule has 1 aromatic carbocycles. The summed E-state index contributed by atoms with van der Waals surface area (Å²) >= 11 is -1.83. The Morgan fingerprint density at radius 2 is 2.00 bits per heavy atom. The van der Waals surface area contributed by atoms with Crippen LogP contribution in [-0.2, 0) is 3.83 Å². The molecule has 1 unspecified atom stereocenters. The van der Waals surface area contributed by atoms with E-state index in [0.29, 0.717) is 5.32 Å². The van der Waals surface area contributed by atoms with E-state index in [2.05, 4.69) is 5.73 Å². The van der Waals surface area contributed by atoms with Crippen LogP contribution in [0.5, 0.6) is 5.75 Å². The molecule has 0 spiro atoms. The Hall–Kier alpha value is -0.701. The van der Waals surface area contributed by atoms with Gasteiger partial charge in [-0.2, -0.15) is 0 Å². The van der Waals surface area contributed by atoms with Gasteiger partial charge in [-0.15, -0.1) is 0 Å². The zero-order valence-corrected chi connectivity index (χ0v) is 9.37. The second-order valence-electron chi connectivity index (χ2n) is 2.58. The van der Waals surface area contributed by atoms with Gasteiger partial charge in [0.2, 0.25) is 0 Å². The molecular weight excluding hydrogens is 233 g/mol. The average Bonchev–Trinajstić information content (AvgIpc) is 2.18. The number of benzene rings is 1. The summed E-state index contributed by atoms with van der Waals surface area (Å²) in [4.78, 5) is 0. The van der Waals surface area contributed by atoms with E-state index in [9.17, 15) is 3.83 Å². The summed E-state index contributed by atoms with van der Waals surface area (Å²) in [6, 6.07) is 7.41. The van der Waals surface area contributed by atoms with E-state index in [1.54, 1.807) is 7.11 Å². The molecule has 0 heterocycles. The minimum atomic E-state index is -1.83. The van der Waals surface area contributed by atoms with E-state index < -0.39 is 13.8 Å². The van der Waals surface area contributed by atoms with Crippen LogP contribution in [0.25, 0.3) is 0 Å². The monoisotopic (exact) mass is 248 g/mol. The standard InChI is InChI=1S/C9H13NO2Se/c1-12-8-2-4-9(5-3-8)13(11)7-6-10/h2-5H,6-7,10H2,1H3/p+1. The number of hydrogen-bond donors (Lipinski definition) is 1. The first kappa shape index (κ1) is 10.4. The second-order valence-corrected chi connectivity index (χ2v) is 5.87. The maximum absolute atomic E-state index is 11.6. The van der Waals surface area contributed by atoms with Crippen LogP contribution < -0.4 is 14.9 Å². The Morgan fingerprint density at radius 3 is 2.46 bits per heavy atom. The molecule has 72 valence electrons. The van der Waals surface area contributed by atoms with Gasteiger partial charge in [0.05, 0.1) is 0 Å². The maximum atomic E-state index is 11.6. The third-order valence-electron chi connectivity index (χ3n) is 1.65. The van der Waals surface area contributed by atoms with Crippen molar-refractivity contribution < 1.29 is 14.3 Å². The Bertz CT molecular complexity index is 284. The van der Waals surface area contributed by atoms with E-state index in [1.807, 2.05) is 24.3 Å². The number of ether oxygens (including phenoxy) is 1. The van der Waals surface area contributed by atoms with Crippen molar-refractivity contribution in [1.29, 1.82) is 0 Å². The second kappa shape index (κ2) is 5.12. The molecule has 1 rings (SSSR count). The molecule has 3 nitrogen and oxygen atoms in total. The zero-order chi connectivity index (χ0) is 9.68. The van der Waals surface area contributed by atoms with Crippen molar-refractivity contribution in [2.45, 2.75) is 5.32 Å². The molecule has 3 N–H and O–H groups in total. The van der Waals surface area contributed by atoms with Gasteiger partial charge in [-0.25, -0.2) is 0 Å². The predicted octanol–water partition coefficient (Wildman–Crippen LogP) is -0.434. The Labute approximate surface area is 82.0 Å². The van der Waals surface area contributed by atoms with E-state index in [1.165, 1.54) is 0 Å². The van der Waals surface area contributed by atoms with Gasteiger partial charge >= 0.3 is 81.6 Å². The van der Waals surface area contributed by atoms with Crippen LogP contribution in [0, 0.1) is 0 Å².